The third-order valence-corrected chi connectivity index (χ3v) is 4.32. The van der Waals surface area contributed by atoms with Gasteiger partial charge in [-0.3, -0.25) is 19.5 Å². The van der Waals surface area contributed by atoms with E-state index >= 15 is 0 Å². The highest BCUT2D eigenvalue weighted by Gasteiger charge is 2.19. The second kappa shape index (κ2) is 8.52. The van der Waals surface area contributed by atoms with Gasteiger partial charge in [0, 0.05) is 24.8 Å². The van der Waals surface area contributed by atoms with Crippen LogP contribution in [0.4, 0.5) is 17.1 Å². The molecule has 0 saturated heterocycles. The van der Waals surface area contributed by atoms with Crippen LogP contribution in [-0.4, -0.2) is 28.3 Å². The number of hydrogen-bond donors (Lipinski definition) is 1. The van der Waals surface area contributed by atoms with Gasteiger partial charge in [-0.2, -0.15) is 5.26 Å². The van der Waals surface area contributed by atoms with Gasteiger partial charge in [-0.15, -0.1) is 10.2 Å². The average molecular weight is 436 g/mol. The third-order valence-electron chi connectivity index (χ3n) is 3.69. The van der Waals surface area contributed by atoms with Crippen molar-refractivity contribution in [1.82, 2.24) is 4.57 Å². The molecule has 0 aliphatic heterocycles. The van der Waals surface area contributed by atoms with Crippen LogP contribution in [0, 0.1) is 28.4 Å². The van der Waals surface area contributed by atoms with Crippen LogP contribution in [0.2, 0.25) is 0 Å². The number of halogens is 1. The lowest BCUT2D eigenvalue weighted by Crippen LogP contribution is -2.23. The van der Waals surface area contributed by atoms with Crippen molar-refractivity contribution in [1.29, 1.82) is 5.26 Å². The number of nitrogens with zero attached hydrogens (tertiary/aromatic N) is 5. The molecule has 0 atom stereocenters. The molecule has 2 aromatic rings. The first-order valence-electron chi connectivity index (χ1n) is 7.52. The molecule has 0 spiro atoms. The number of nitro groups is 1. The van der Waals surface area contributed by atoms with E-state index in [4.69, 9.17) is 4.74 Å². The third kappa shape index (κ3) is 4.18. The van der Waals surface area contributed by atoms with E-state index in [1.54, 1.807) is 0 Å². The molecule has 1 aromatic heterocycles. The van der Waals surface area contributed by atoms with Crippen LogP contribution in [0.5, 0.6) is 5.88 Å². The number of benzene rings is 1. The number of aromatic hydroxyl groups is 1. The predicted molar refractivity (Wildman–Crippen MR) is 98.7 cm³/mol. The number of non-ortho nitro benzene ring substituents is 1. The van der Waals surface area contributed by atoms with Crippen LogP contribution in [0.25, 0.3) is 0 Å². The Morgan fingerprint density at radius 2 is 2.15 bits per heavy atom. The molecule has 0 bridgehead atoms. The average Bonchev–Trinajstić information content (AvgIpc) is 2.62. The van der Waals surface area contributed by atoms with Gasteiger partial charge in [-0.25, -0.2) is 0 Å². The minimum Gasteiger partial charge on any atom is -0.493 e. The van der Waals surface area contributed by atoms with E-state index in [1.165, 1.54) is 32.2 Å². The van der Waals surface area contributed by atoms with Crippen LogP contribution < -0.4 is 5.56 Å². The van der Waals surface area contributed by atoms with Crippen LogP contribution in [0.1, 0.15) is 11.1 Å². The number of rotatable bonds is 6. The van der Waals surface area contributed by atoms with Gasteiger partial charge in [-0.05, 0) is 28.9 Å². The number of methoxy groups -OCH3 is 1. The Balaban J connectivity index is 2.56. The maximum Gasteiger partial charge on any atom is 0.281 e. The molecule has 2 rings (SSSR count). The van der Waals surface area contributed by atoms with Crippen molar-refractivity contribution >= 4 is 33.0 Å². The molecule has 0 saturated carbocycles. The molecule has 0 unspecified atom stereocenters. The summed E-state index contributed by atoms with van der Waals surface area (Å²) in [5.41, 5.74) is -0.545. The van der Waals surface area contributed by atoms with Crippen molar-refractivity contribution in [2.75, 3.05) is 13.7 Å². The minimum absolute atomic E-state index is 0.0277. The smallest absolute Gasteiger partial charge is 0.281 e. The lowest BCUT2D eigenvalue weighted by atomic mass is 10.1. The zero-order chi connectivity index (χ0) is 20.1. The Morgan fingerprint density at radius 3 is 2.70 bits per heavy atom. The molecule has 1 N–H and O–H groups in total. The molecule has 11 heteroatoms. The Labute approximate surface area is 161 Å². The first kappa shape index (κ1) is 20.2. The molecule has 0 aliphatic rings. The topological polar surface area (TPSA) is 143 Å². The number of hydrogen-bond acceptors (Lipinski definition) is 8. The van der Waals surface area contributed by atoms with Crippen molar-refractivity contribution < 1.29 is 14.8 Å². The second-order valence-electron chi connectivity index (χ2n) is 5.33. The first-order chi connectivity index (χ1) is 12.8. The van der Waals surface area contributed by atoms with Crippen molar-refractivity contribution in [3.63, 3.8) is 0 Å². The molecule has 0 amide bonds. The predicted octanol–water partition coefficient (Wildman–Crippen LogP) is 3.47. The fourth-order valence-corrected chi connectivity index (χ4v) is 2.69. The van der Waals surface area contributed by atoms with Gasteiger partial charge in [0.2, 0.25) is 5.88 Å². The Hall–Kier alpha value is -3.10. The summed E-state index contributed by atoms with van der Waals surface area (Å²) in [6, 6.07) is 5.72. The normalized spacial score (nSPS) is 10.9. The Bertz CT molecular complexity index is 1030. The molecule has 140 valence electrons. The lowest BCUT2D eigenvalue weighted by molar-refractivity contribution is -0.384. The number of pyridine rings is 1. The largest absolute Gasteiger partial charge is 0.493 e. The van der Waals surface area contributed by atoms with Crippen molar-refractivity contribution in [3.8, 4) is 11.9 Å². The summed E-state index contributed by atoms with van der Waals surface area (Å²) in [5, 5.41) is 38.1. The van der Waals surface area contributed by atoms with Gasteiger partial charge in [0.05, 0.1) is 22.5 Å². The van der Waals surface area contributed by atoms with Gasteiger partial charge < -0.3 is 9.84 Å². The maximum absolute atomic E-state index is 12.6. The molecule has 0 fully saturated rings. The zero-order valence-electron chi connectivity index (χ0n) is 14.3. The quantitative estimate of drug-likeness (QED) is 0.417. The second-order valence-corrected chi connectivity index (χ2v) is 6.18. The highest BCUT2D eigenvalue weighted by molar-refractivity contribution is 9.10. The van der Waals surface area contributed by atoms with Gasteiger partial charge in [-0.1, -0.05) is 0 Å². The van der Waals surface area contributed by atoms with Gasteiger partial charge in [0.25, 0.3) is 11.2 Å². The van der Waals surface area contributed by atoms with Gasteiger partial charge in [0.1, 0.15) is 17.3 Å². The van der Waals surface area contributed by atoms with Gasteiger partial charge >= 0.3 is 0 Å². The summed E-state index contributed by atoms with van der Waals surface area (Å²) in [6.07, 6.45) is 0. The number of ether oxygens (including phenoxy) is 1. The molecule has 27 heavy (non-hydrogen) atoms. The van der Waals surface area contributed by atoms with E-state index in [1.807, 2.05) is 6.07 Å². The first-order valence-corrected chi connectivity index (χ1v) is 8.32. The van der Waals surface area contributed by atoms with Crippen LogP contribution in [0.15, 0.2) is 37.7 Å². The summed E-state index contributed by atoms with van der Waals surface area (Å²) in [6.45, 7) is 1.64. The standard InChI is InChI=1S/C16H14BrN5O5/c1-9-11(8-18)15(23)21(5-6-27-2)16(24)14(9)20-19-13-4-3-10(22(25)26)7-12(13)17/h3-4,7,23H,5-6H2,1-2H3. The van der Waals surface area contributed by atoms with E-state index in [0.29, 0.717) is 4.47 Å². The number of azo groups is 1. The van der Waals surface area contributed by atoms with Crippen molar-refractivity contribution in [3.05, 3.63) is 54.3 Å². The summed E-state index contributed by atoms with van der Waals surface area (Å²) < 4.78 is 6.20. The zero-order valence-corrected chi connectivity index (χ0v) is 15.9. The summed E-state index contributed by atoms with van der Waals surface area (Å²) in [7, 11) is 1.44. The highest BCUT2D eigenvalue weighted by atomic mass is 79.9. The fourth-order valence-electron chi connectivity index (χ4n) is 2.24. The van der Waals surface area contributed by atoms with Gasteiger partial charge in [0.15, 0.2) is 5.69 Å². The monoisotopic (exact) mass is 435 g/mol. The van der Waals surface area contributed by atoms with Crippen molar-refractivity contribution in [2.24, 2.45) is 10.2 Å². The summed E-state index contributed by atoms with van der Waals surface area (Å²) in [4.78, 5) is 22.8. The fraction of sp³-hybridized carbons (Fsp3) is 0.250. The summed E-state index contributed by atoms with van der Waals surface area (Å²) in [5.74, 6) is -0.465. The van der Waals surface area contributed by atoms with E-state index in [9.17, 15) is 25.3 Å². The van der Waals surface area contributed by atoms with E-state index in [0.717, 1.165) is 4.57 Å². The molecular weight excluding hydrogens is 422 g/mol. The molecule has 10 nitrogen and oxygen atoms in total. The molecule has 0 radical (unpaired) electrons. The molecule has 1 heterocycles. The van der Waals surface area contributed by atoms with Crippen LogP contribution in [0.3, 0.4) is 0 Å². The SMILES string of the molecule is COCCn1c(O)c(C#N)c(C)c(N=Nc2ccc([N+](=O)[O-])cc2Br)c1=O. The van der Waals surface area contributed by atoms with Crippen molar-refractivity contribution in [2.45, 2.75) is 13.5 Å². The van der Waals surface area contributed by atoms with E-state index < -0.39 is 16.4 Å². The van der Waals surface area contributed by atoms with E-state index in [-0.39, 0.29) is 41.3 Å². The molecule has 0 aliphatic carbocycles. The highest BCUT2D eigenvalue weighted by Crippen LogP contribution is 2.32. The Kier molecular flexibility index (Phi) is 6.38. The lowest BCUT2D eigenvalue weighted by Gasteiger charge is -2.12. The Morgan fingerprint density at radius 1 is 1.44 bits per heavy atom. The van der Waals surface area contributed by atoms with Crippen LogP contribution in [-0.2, 0) is 11.3 Å². The number of aromatic nitrogens is 1. The number of nitriles is 1. The molecule has 1 aromatic carbocycles. The maximum atomic E-state index is 12.6. The molecular formula is C16H14BrN5O5. The minimum atomic E-state index is -0.636. The van der Waals surface area contributed by atoms with Crippen LogP contribution >= 0.6 is 15.9 Å². The summed E-state index contributed by atoms with van der Waals surface area (Å²) >= 11 is 3.16. The van der Waals surface area contributed by atoms with E-state index in [2.05, 4.69) is 26.2 Å². The number of nitro benzene ring substituents is 1.